The highest BCUT2D eigenvalue weighted by Crippen LogP contribution is 2.37. The molecule has 1 fully saturated rings. The molecule has 2 rings (SSSR count). The lowest BCUT2D eigenvalue weighted by molar-refractivity contribution is 0.00578. The van der Waals surface area contributed by atoms with Crippen molar-refractivity contribution >= 4 is 12.6 Å². The van der Waals surface area contributed by atoms with Crippen LogP contribution < -0.4 is 14.9 Å². The SMILES string of the molecule is COc1ccc(B2OC(C)(C)C(C)(C)O2)c(F)c1OC. The van der Waals surface area contributed by atoms with Gasteiger partial charge in [-0.15, -0.1) is 0 Å². The molecule has 0 saturated carbocycles. The van der Waals surface area contributed by atoms with Gasteiger partial charge in [-0.3, -0.25) is 0 Å². The Bertz CT molecular complexity index is 500. The average molecular weight is 282 g/mol. The number of ether oxygens (including phenoxy) is 2. The predicted molar refractivity (Wildman–Crippen MR) is 75.2 cm³/mol. The molecule has 0 N–H and O–H groups in total. The normalized spacial score (nSPS) is 20.1. The summed E-state index contributed by atoms with van der Waals surface area (Å²) in [6.45, 7) is 7.69. The molecule has 20 heavy (non-hydrogen) atoms. The second-order valence-electron chi connectivity index (χ2n) is 5.79. The third-order valence-electron chi connectivity index (χ3n) is 4.02. The quantitative estimate of drug-likeness (QED) is 0.796. The van der Waals surface area contributed by atoms with Crippen molar-refractivity contribution in [2.75, 3.05) is 14.2 Å². The maximum Gasteiger partial charge on any atom is 0.498 e. The largest absolute Gasteiger partial charge is 0.498 e. The third-order valence-corrected chi connectivity index (χ3v) is 4.02. The Morgan fingerprint density at radius 2 is 1.55 bits per heavy atom. The molecular formula is C14H20BFO4. The minimum absolute atomic E-state index is 0.0553. The number of methoxy groups -OCH3 is 2. The van der Waals surface area contributed by atoms with Crippen molar-refractivity contribution in [2.45, 2.75) is 38.9 Å². The summed E-state index contributed by atoms with van der Waals surface area (Å²) >= 11 is 0. The summed E-state index contributed by atoms with van der Waals surface area (Å²) in [5.41, 5.74) is -0.726. The molecule has 0 bridgehead atoms. The molecular weight excluding hydrogens is 262 g/mol. The summed E-state index contributed by atoms with van der Waals surface area (Å²) in [6, 6.07) is 3.24. The fourth-order valence-electron chi connectivity index (χ4n) is 2.06. The summed E-state index contributed by atoms with van der Waals surface area (Å²) in [6.07, 6.45) is 0. The van der Waals surface area contributed by atoms with E-state index < -0.39 is 24.1 Å². The van der Waals surface area contributed by atoms with Crippen LogP contribution in [0.4, 0.5) is 4.39 Å². The van der Waals surface area contributed by atoms with Gasteiger partial charge in [-0.1, -0.05) is 6.07 Å². The first-order chi connectivity index (χ1) is 9.23. The van der Waals surface area contributed by atoms with E-state index in [9.17, 15) is 4.39 Å². The van der Waals surface area contributed by atoms with Gasteiger partial charge in [-0.2, -0.15) is 0 Å². The van der Waals surface area contributed by atoms with Crippen molar-refractivity contribution in [1.29, 1.82) is 0 Å². The zero-order valence-electron chi connectivity index (χ0n) is 12.7. The number of rotatable bonds is 3. The highest BCUT2D eigenvalue weighted by Gasteiger charge is 2.52. The van der Waals surface area contributed by atoms with Crippen molar-refractivity contribution in [1.82, 2.24) is 0 Å². The Labute approximate surface area is 119 Å². The van der Waals surface area contributed by atoms with Crippen LogP contribution in [0.3, 0.4) is 0 Å². The van der Waals surface area contributed by atoms with Crippen molar-refractivity contribution in [3.63, 3.8) is 0 Å². The number of halogens is 1. The first kappa shape index (κ1) is 15.1. The van der Waals surface area contributed by atoms with Gasteiger partial charge in [0.2, 0.25) is 0 Å². The molecule has 0 spiro atoms. The summed E-state index contributed by atoms with van der Waals surface area (Å²) < 4.78 is 36.3. The number of hydrogen-bond acceptors (Lipinski definition) is 4. The molecule has 1 aliphatic rings. The van der Waals surface area contributed by atoms with E-state index in [0.29, 0.717) is 11.2 Å². The Morgan fingerprint density at radius 1 is 1.00 bits per heavy atom. The molecule has 1 aliphatic heterocycles. The molecule has 1 heterocycles. The van der Waals surface area contributed by atoms with Gasteiger partial charge >= 0.3 is 7.12 Å². The van der Waals surface area contributed by atoms with E-state index >= 15 is 0 Å². The third kappa shape index (κ3) is 2.27. The smallest absolute Gasteiger partial charge is 0.493 e. The summed E-state index contributed by atoms with van der Waals surface area (Å²) in [4.78, 5) is 0. The van der Waals surface area contributed by atoms with Gasteiger partial charge in [-0.25, -0.2) is 4.39 Å². The van der Waals surface area contributed by atoms with E-state index in [0.717, 1.165) is 0 Å². The minimum Gasteiger partial charge on any atom is -0.493 e. The van der Waals surface area contributed by atoms with E-state index in [1.54, 1.807) is 12.1 Å². The lowest BCUT2D eigenvalue weighted by atomic mass is 9.78. The van der Waals surface area contributed by atoms with E-state index in [1.165, 1.54) is 14.2 Å². The van der Waals surface area contributed by atoms with Gasteiger partial charge in [0, 0.05) is 5.46 Å². The standard InChI is InChI=1S/C14H20BFO4/c1-13(2)14(3,4)20-15(19-13)9-7-8-10(17-5)12(18-6)11(9)16/h7-8H,1-6H3. The maximum absolute atomic E-state index is 14.5. The number of benzene rings is 1. The van der Waals surface area contributed by atoms with Gasteiger partial charge < -0.3 is 18.8 Å². The second kappa shape index (κ2) is 4.93. The molecule has 1 aromatic carbocycles. The van der Waals surface area contributed by atoms with Crippen molar-refractivity contribution in [3.8, 4) is 11.5 Å². The fourth-order valence-corrected chi connectivity index (χ4v) is 2.06. The molecule has 0 radical (unpaired) electrons. The van der Waals surface area contributed by atoms with Crippen LogP contribution in [0.2, 0.25) is 0 Å². The Balaban J connectivity index is 2.41. The average Bonchev–Trinajstić information content (AvgIpc) is 2.57. The van der Waals surface area contributed by atoms with Crippen LogP contribution in [0, 0.1) is 5.82 Å². The minimum atomic E-state index is -0.764. The topological polar surface area (TPSA) is 36.9 Å². The maximum atomic E-state index is 14.5. The lowest BCUT2D eigenvalue weighted by Crippen LogP contribution is -2.41. The molecule has 0 unspecified atom stereocenters. The molecule has 0 atom stereocenters. The lowest BCUT2D eigenvalue weighted by Gasteiger charge is -2.32. The van der Waals surface area contributed by atoms with Crippen LogP contribution in [-0.4, -0.2) is 32.5 Å². The second-order valence-corrected chi connectivity index (χ2v) is 5.79. The van der Waals surface area contributed by atoms with Crippen LogP contribution in [0.5, 0.6) is 11.5 Å². The van der Waals surface area contributed by atoms with Crippen LogP contribution in [0.15, 0.2) is 12.1 Å². The van der Waals surface area contributed by atoms with Gasteiger partial charge in [0.25, 0.3) is 0 Å². The monoisotopic (exact) mass is 282 g/mol. The zero-order valence-corrected chi connectivity index (χ0v) is 12.7. The van der Waals surface area contributed by atoms with E-state index in [-0.39, 0.29) is 5.75 Å². The molecule has 0 amide bonds. The fraction of sp³-hybridized carbons (Fsp3) is 0.571. The first-order valence-electron chi connectivity index (χ1n) is 6.49. The molecule has 1 saturated heterocycles. The Kier molecular flexibility index (Phi) is 3.73. The Morgan fingerprint density at radius 3 is 2.00 bits per heavy atom. The first-order valence-corrected chi connectivity index (χ1v) is 6.49. The Hall–Kier alpha value is -1.27. The molecule has 6 heteroatoms. The van der Waals surface area contributed by atoms with E-state index in [4.69, 9.17) is 18.8 Å². The van der Waals surface area contributed by atoms with Crippen molar-refractivity contribution < 1.29 is 23.2 Å². The van der Waals surface area contributed by atoms with E-state index in [2.05, 4.69) is 0 Å². The van der Waals surface area contributed by atoms with Crippen LogP contribution in [-0.2, 0) is 9.31 Å². The van der Waals surface area contributed by atoms with E-state index in [1.807, 2.05) is 27.7 Å². The highest BCUT2D eigenvalue weighted by atomic mass is 19.1. The van der Waals surface area contributed by atoms with Gasteiger partial charge in [0.1, 0.15) is 0 Å². The predicted octanol–water partition coefficient (Wildman–Crippen LogP) is 2.14. The number of hydrogen-bond donors (Lipinski definition) is 0. The van der Waals surface area contributed by atoms with Gasteiger partial charge in [0.05, 0.1) is 25.4 Å². The summed E-state index contributed by atoms with van der Waals surface area (Å²) in [7, 11) is 2.10. The highest BCUT2D eigenvalue weighted by molar-refractivity contribution is 6.62. The zero-order chi connectivity index (χ0) is 15.1. The summed E-state index contributed by atoms with van der Waals surface area (Å²) in [5.74, 6) is -0.129. The van der Waals surface area contributed by atoms with Crippen LogP contribution in [0.1, 0.15) is 27.7 Å². The van der Waals surface area contributed by atoms with Crippen molar-refractivity contribution in [3.05, 3.63) is 17.9 Å². The van der Waals surface area contributed by atoms with Crippen LogP contribution in [0.25, 0.3) is 0 Å². The van der Waals surface area contributed by atoms with Crippen LogP contribution >= 0.6 is 0 Å². The molecule has 0 aromatic heterocycles. The molecule has 4 nitrogen and oxygen atoms in total. The van der Waals surface area contributed by atoms with Gasteiger partial charge in [0.15, 0.2) is 17.3 Å². The molecule has 1 aromatic rings. The van der Waals surface area contributed by atoms with Gasteiger partial charge in [-0.05, 0) is 33.8 Å². The van der Waals surface area contributed by atoms with Crippen molar-refractivity contribution in [2.24, 2.45) is 0 Å². The molecule has 110 valence electrons. The summed E-state index contributed by atoms with van der Waals surface area (Å²) in [5, 5.41) is 0. The molecule has 0 aliphatic carbocycles.